The first-order valence-electron chi connectivity index (χ1n) is 9.98. The summed E-state index contributed by atoms with van der Waals surface area (Å²) in [5.41, 5.74) is 5.96. The summed E-state index contributed by atoms with van der Waals surface area (Å²) >= 11 is 6.01. The molecular weight excluding hydrogens is 467 g/mol. The molecule has 3 rings (SSSR count). The highest BCUT2D eigenvalue weighted by Crippen LogP contribution is 2.26. The number of rotatable bonds is 7. The maximum absolute atomic E-state index is 14.2. The van der Waals surface area contributed by atoms with Crippen LogP contribution in [-0.2, 0) is 14.8 Å². The van der Waals surface area contributed by atoms with Crippen molar-refractivity contribution in [3.05, 3.63) is 81.9 Å². The van der Waals surface area contributed by atoms with Crippen LogP contribution >= 0.6 is 11.6 Å². The number of nitrogens with one attached hydrogen (secondary N) is 1. The van der Waals surface area contributed by atoms with Gasteiger partial charge in [-0.3, -0.25) is 9.10 Å². The van der Waals surface area contributed by atoms with E-state index < -0.39 is 22.5 Å². The summed E-state index contributed by atoms with van der Waals surface area (Å²) in [6.07, 6.45) is 2.45. The Balaban J connectivity index is 1.78. The van der Waals surface area contributed by atoms with Gasteiger partial charge in [0.15, 0.2) is 0 Å². The molecule has 1 heterocycles. The number of hydrogen-bond donors (Lipinski definition) is 1. The molecule has 0 aliphatic carbocycles. The second kappa shape index (κ2) is 9.76. The van der Waals surface area contributed by atoms with E-state index in [9.17, 15) is 17.6 Å². The van der Waals surface area contributed by atoms with Gasteiger partial charge >= 0.3 is 0 Å². The van der Waals surface area contributed by atoms with Crippen molar-refractivity contribution in [2.45, 2.75) is 20.8 Å². The Labute approximate surface area is 197 Å². The average Bonchev–Trinajstić information content (AvgIpc) is 3.01. The topological polar surface area (TPSA) is 83.8 Å². The third kappa shape index (κ3) is 5.61. The van der Waals surface area contributed by atoms with Crippen molar-refractivity contribution in [1.29, 1.82) is 0 Å². The Morgan fingerprint density at radius 2 is 1.88 bits per heavy atom. The number of aromatic nitrogens is 1. The van der Waals surface area contributed by atoms with Gasteiger partial charge in [0.05, 0.1) is 23.8 Å². The third-order valence-electron chi connectivity index (χ3n) is 5.08. The van der Waals surface area contributed by atoms with E-state index in [1.807, 2.05) is 19.9 Å². The fourth-order valence-electron chi connectivity index (χ4n) is 3.49. The highest BCUT2D eigenvalue weighted by Gasteiger charge is 2.22. The number of para-hydroxylation sites is 1. The minimum Gasteiger partial charge on any atom is -0.315 e. The number of carbonyl (C=O) groups is 1. The number of anilines is 1. The van der Waals surface area contributed by atoms with E-state index in [2.05, 4.69) is 10.5 Å². The lowest BCUT2D eigenvalue weighted by atomic mass is 10.2. The minimum atomic E-state index is -3.75. The van der Waals surface area contributed by atoms with Crippen molar-refractivity contribution in [2.24, 2.45) is 5.10 Å². The number of nitrogens with zero attached hydrogens (tertiary/aromatic N) is 3. The normalized spacial score (nSPS) is 11.7. The van der Waals surface area contributed by atoms with Gasteiger partial charge in [-0.2, -0.15) is 5.10 Å². The Morgan fingerprint density at radius 3 is 2.55 bits per heavy atom. The summed E-state index contributed by atoms with van der Waals surface area (Å²) in [6.45, 7) is 4.92. The van der Waals surface area contributed by atoms with E-state index in [4.69, 9.17) is 11.6 Å². The van der Waals surface area contributed by atoms with Crippen molar-refractivity contribution < 1.29 is 17.6 Å². The monoisotopic (exact) mass is 490 g/mol. The van der Waals surface area contributed by atoms with Gasteiger partial charge in [0.25, 0.3) is 5.91 Å². The number of hydrazone groups is 1. The highest BCUT2D eigenvalue weighted by molar-refractivity contribution is 7.92. The van der Waals surface area contributed by atoms with Crippen LogP contribution in [0.1, 0.15) is 22.5 Å². The van der Waals surface area contributed by atoms with E-state index in [-0.39, 0.29) is 5.82 Å². The first kappa shape index (κ1) is 24.5. The molecule has 10 heteroatoms. The van der Waals surface area contributed by atoms with E-state index in [1.165, 1.54) is 18.3 Å². The second-order valence-electron chi connectivity index (χ2n) is 7.61. The first-order chi connectivity index (χ1) is 15.5. The van der Waals surface area contributed by atoms with Crippen molar-refractivity contribution >= 4 is 39.4 Å². The molecule has 33 heavy (non-hydrogen) atoms. The first-order valence-corrected chi connectivity index (χ1v) is 12.2. The van der Waals surface area contributed by atoms with Gasteiger partial charge in [-0.25, -0.2) is 18.2 Å². The predicted molar refractivity (Wildman–Crippen MR) is 129 cm³/mol. The van der Waals surface area contributed by atoms with Crippen molar-refractivity contribution in [2.75, 3.05) is 17.1 Å². The molecule has 7 nitrogen and oxygen atoms in total. The number of aryl methyl sites for hydroxylation is 2. The van der Waals surface area contributed by atoms with Gasteiger partial charge in [-0.15, -0.1) is 0 Å². The van der Waals surface area contributed by atoms with Crippen molar-refractivity contribution in [3.63, 3.8) is 0 Å². The van der Waals surface area contributed by atoms with Crippen LogP contribution < -0.4 is 9.73 Å². The van der Waals surface area contributed by atoms with Crippen LogP contribution in [0.3, 0.4) is 0 Å². The van der Waals surface area contributed by atoms with Gasteiger partial charge in [0.2, 0.25) is 10.0 Å². The zero-order valence-electron chi connectivity index (χ0n) is 18.6. The fourth-order valence-corrected chi connectivity index (χ4v) is 4.57. The molecule has 0 saturated heterocycles. The standard InChI is InChI=1S/C23H24ClFN4O3S/c1-15-9-10-19(24)12-22(15)28(33(4,31)32)14-23(30)27-26-13-18-11-16(2)29(17(18)3)21-8-6-5-7-20(21)25/h5-13H,14H2,1-4H3,(H,27,30)/b26-13+. The summed E-state index contributed by atoms with van der Waals surface area (Å²) in [5, 5.41) is 4.32. The number of amides is 1. The zero-order valence-corrected chi connectivity index (χ0v) is 20.2. The summed E-state index contributed by atoms with van der Waals surface area (Å²) in [6, 6.07) is 13.1. The van der Waals surface area contributed by atoms with Crippen LogP contribution in [0, 0.1) is 26.6 Å². The molecule has 0 bridgehead atoms. The smallest absolute Gasteiger partial charge is 0.260 e. The number of sulfonamides is 1. The number of hydrogen-bond acceptors (Lipinski definition) is 4. The van der Waals surface area contributed by atoms with Crippen LogP contribution in [0.25, 0.3) is 5.69 Å². The molecule has 0 radical (unpaired) electrons. The second-order valence-corrected chi connectivity index (χ2v) is 9.95. The molecule has 0 saturated carbocycles. The maximum Gasteiger partial charge on any atom is 0.260 e. The third-order valence-corrected chi connectivity index (χ3v) is 6.45. The van der Waals surface area contributed by atoms with Crippen LogP contribution in [0.4, 0.5) is 10.1 Å². The number of benzene rings is 2. The number of carbonyl (C=O) groups excluding carboxylic acids is 1. The molecule has 0 atom stereocenters. The Hall–Kier alpha value is -3.17. The summed E-state index contributed by atoms with van der Waals surface area (Å²) in [4.78, 5) is 12.5. The quantitative estimate of drug-likeness (QED) is 0.399. The molecule has 3 aromatic rings. The largest absolute Gasteiger partial charge is 0.315 e. The van der Waals surface area contributed by atoms with Crippen LogP contribution in [-0.4, -0.2) is 37.9 Å². The lowest BCUT2D eigenvalue weighted by molar-refractivity contribution is -0.119. The van der Waals surface area contributed by atoms with E-state index in [0.717, 1.165) is 21.9 Å². The molecule has 0 aliphatic heterocycles. The van der Waals surface area contributed by atoms with Gasteiger partial charge in [-0.05, 0) is 56.7 Å². The van der Waals surface area contributed by atoms with Gasteiger partial charge < -0.3 is 4.57 Å². The van der Waals surface area contributed by atoms with Gasteiger partial charge in [0.1, 0.15) is 12.4 Å². The Morgan fingerprint density at radius 1 is 1.18 bits per heavy atom. The lowest BCUT2D eigenvalue weighted by Crippen LogP contribution is -2.39. The average molecular weight is 491 g/mol. The highest BCUT2D eigenvalue weighted by atomic mass is 35.5. The fraction of sp³-hybridized carbons (Fsp3) is 0.217. The van der Waals surface area contributed by atoms with Crippen LogP contribution in [0.15, 0.2) is 53.6 Å². The molecule has 0 spiro atoms. The Bertz CT molecular complexity index is 1340. The zero-order chi connectivity index (χ0) is 24.3. The molecule has 1 amide bonds. The predicted octanol–water partition coefficient (Wildman–Crippen LogP) is 4.11. The van der Waals surface area contributed by atoms with Crippen LogP contribution in [0.2, 0.25) is 5.02 Å². The van der Waals surface area contributed by atoms with E-state index in [1.54, 1.807) is 41.8 Å². The minimum absolute atomic E-state index is 0.317. The van der Waals surface area contributed by atoms with Crippen molar-refractivity contribution in [1.82, 2.24) is 9.99 Å². The SMILES string of the molecule is Cc1ccc(Cl)cc1N(CC(=O)N/N=C/c1cc(C)n(-c2ccccc2F)c1C)S(C)(=O)=O. The van der Waals surface area contributed by atoms with Crippen LogP contribution in [0.5, 0.6) is 0 Å². The maximum atomic E-state index is 14.2. The molecule has 1 aromatic heterocycles. The molecule has 1 N–H and O–H groups in total. The van der Waals surface area contributed by atoms with Gasteiger partial charge in [-0.1, -0.05) is 29.8 Å². The molecule has 0 unspecified atom stereocenters. The number of halogens is 2. The summed E-state index contributed by atoms with van der Waals surface area (Å²) in [5.74, 6) is -0.979. The molecule has 174 valence electrons. The lowest BCUT2D eigenvalue weighted by Gasteiger charge is -2.23. The molecule has 0 fully saturated rings. The molecular formula is C23H24ClFN4O3S. The molecule has 2 aromatic carbocycles. The molecule has 0 aliphatic rings. The van der Waals surface area contributed by atoms with Crippen molar-refractivity contribution in [3.8, 4) is 5.69 Å². The Kier molecular flexibility index (Phi) is 7.24. The van der Waals surface area contributed by atoms with E-state index in [0.29, 0.717) is 27.5 Å². The van der Waals surface area contributed by atoms with E-state index >= 15 is 0 Å². The van der Waals surface area contributed by atoms with Gasteiger partial charge in [0, 0.05) is 22.0 Å². The summed E-state index contributed by atoms with van der Waals surface area (Å²) in [7, 11) is -3.75. The summed E-state index contributed by atoms with van der Waals surface area (Å²) < 4.78 is 41.6.